The molecule has 20 heavy (non-hydrogen) atoms. The average molecular weight is 266 g/mol. The maximum absolute atomic E-state index is 12.5. The minimum atomic E-state index is -0.269. The van der Waals surface area contributed by atoms with Gasteiger partial charge < -0.3 is 0 Å². The Labute approximate surface area is 117 Å². The molecule has 100 valence electrons. The molecule has 0 bridgehead atoms. The highest BCUT2D eigenvalue weighted by Crippen LogP contribution is 2.33. The van der Waals surface area contributed by atoms with E-state index < -0.39 is 0 Å². The second-order valence-electron chi connectivity index (χ2n) is 4.78. The van der Waals surface area contributed by atoms with Gasteiger partial charge >= 0.3 is 0 Å². The van der Waals surface area contributed by atoms with Gasteiger partial charge in [-0.1, -0.05) is 30.3 Å². The number of carbonyl (C=O) groups is 2. The number of hydrogen-bond acceptors (Lipinski definition) is 3. The third-order valence-electron chi connectivity index (χ3n) is 3.52. The van der Waals surface area contributed by atoms with Crippen molar-refractivity contribution in [1.29, 1.82) is 0 Å². The van der Waals surface area contributed by atoms with Gasteiger partial charge in [-0.25, -0.2) is 0 Å². The maximum atomic E-state index is 12.5. The van der Waals surface area contributed by atoms with Crippen LogP contribution in [-0.4, -0.2) is 21.7 Å². The molecular weight excluding hydrogens is 252 g/mol. The van der Waals surface area contributed by atoms with Crippen molar-refractivity contribution in [2.24, 2.45) is 0 Å². The molecule has 0 spiro atoms. The summed E-state index contributed by atoms with van der Waals surface area (Å²) in [5.74, 6) is -0.387. The Bertz CT molecular complexity index is 625. The van der Waals surface area contributed by atoms with Crippen molar-refractivity contribution in [3.05, 3.63) is 66.0 Å². The monoisotopic (exact) mass is 266 g/mol. The molecule has 2 heterocycles. The van der Waals surface area contributed by atoms with Gasteiger partial charge in [0.2, 0.25) is 5.91 Å². The third kappa shape index (κ3) is 2.20. The lowest BCUT2D eigenvalue weighted by atomic mass is 10.0. The highest BCUT2D eigenvalue weighted by Gasteiger charge is 2.37. The summed E-state index contributed by atoms with van der Waals surface area (Å²) in [7, 11) is 0. The summed E-state index contributed by atoms with van der Waals surface area (Å²) < 4.78 is 0. The van der Waals surface area contributed by atoms with Crippen molar-refractivity contribution in [2.75, 3.05) is 0 Å². The normalized spacial score (nSPS) is 18.3. The zero-order valence-corrected chi connectivity index (χ0v) is 10.9. The minimum absolute atomic E-state index is 0.118. The second kappa shape index (κ2) is 5.25. The molecular formula is C16H14N2O2. The summed E-state index contributed by atoms with van der Waals surface area (Å²) in [5, 5.41) is 0. The summed E-state index contributed by atoms with van der Waals surface area (Å²) in [6.07, 6.45) is 4.19. The zero-order valence-electron chi connectivity index (χ0n) is 10.9. The lowest BCUT2D eigenvalue weighted by Gasteiger charge is -2.23. The summed E-state index contributed by atoms with van der Waals surface area (Å²) in [4.78, 5) is 29.9. The second-order valence-corrected chi connectivity index (χ2v) is 4.78. The topological polar surface area (TPSA) is 50.3 Å². The number of benzene rings is 1. The molecule has 1 aliphatic heterocycles. The van der Waals surface area contributed by atoms with Gasteiger partial charge in [0.05, 0.1) is 11.6 Å². The van der Waals surface area contributed by atoms with Gasteiger partial charge in [-0.2, -0.15) is 0 Å². The van der Waals surface area contributed by atoms with E-state index in [0.29, 0.717) is 18.4 Å². The quantitative estimate of drug-likeness (QED) is 0.785. The fraction of sp³-hybridized carbons (Fsp3) is 0.188. The van der Waals surface area contributed by atoms with Gasteiger partial charge in [0.1, 0.15) is 0 Å². The van der Waals surface area contributed by atoms with Crippen molar-refractivity contribution in [3.8, 4) is 0 Å². The molecule has 0 radical (unpaired) electrons. The highest BCUT2D eigenvalue weighted by atomic mass is 16.2. The first-order valence-corrected chi connectivity index (χ1v) is 6.59. The molecule has 1 atom stereocenters. The van der Waals surface area contributed by atoms with Gasteiger partial charge in [-0.3, -0.25) is 19.5 Å². The Kier molecular flexibility index (Phi) is 3.29. The molecule has 0 saturated carbocycles. The Morgan fingerprint density at radius 1 is 1.15 bits per heavy atom. The number of rotatable bonds is 2. The molecule has 1 saturated heterocycles. The number of likely N-dealkylation sites (tertiary alicyclic amines) is 1. The first kappa shape index (κ1) is 12.5. The first-order chi connectivity index (χ1) is 9.77. The standard InChI is InChI=1S/C16H14N2O2/c19-15-9-8-14(12-5-2-1-3-6-12)18(15)16(20)13-7-4-10-17-11-13/h1-7,10-11,14H,8-9H2/t14-/m1/s1. The molecule has 0 aliphatic carbocycles. The van der Waals surface area contributed by atoms with Crippen LogP contribution < -0.4 is 0 Å². The van der Waals surface area contributed by atoms with Crippen LogP contribution in [0.15, 0.2) is 54.9 Å². The largest absolute Gasteiger partial charge is 0.274 e. The molecule has 0 N–H and O–H groups in total. The van der Waals surface area contributed by atoms with Crippen molar-refractivity contribution < 1.29 is 9.59 Å². The van der Waals surface area contributed by atoms with Crippen LogP contribution in [0.3, 0.4) is 0 Å². The number of amides is 2. The molecule has 2 aromatic rings. The van der Waals surface area contributed by atoms with Crippen LogP contribution in [0.1, 0.15) is 34.8 Å². The van der Waals surface area contributed by atoms with E-state index in [9.17, 15) is 9.59 Å². The van der Waals surface area contributed by atoms with E-state index >= 15 is 0 Å². The Balaban J connectivity index is 1.94. The molecule has 4 heteroatoms. The smallest absolute Gasteiger partial charge is 0.262 e. The molecule has 1 fully saturated rings. The van der Waals surface area contributed by atoms with E-state index in [-0.39, 0.29) is 17.9 Å². The third-order valence-corrected chi connectivity index (χ3v) is 3.52. The van der Waals surface area contributed by atoms with Gasteiger partial charge in [0.25, 0.3) is 5.91 Å². The predicted molar refractivity (Wildman–Crippen MR) is 73.8 cm³/mol. The van der Waals surface area contributed by atoms with Crippen LogP contribution in [0.4, 0.5) is 0 Å². The van der Waals surface area contributed by atoms with Crippen LogP contribution in [0, 0.1) is 0 Å². The van der Waals surface area contributed by atoms with E-state index in [4.69, 9.17) is 0 Å². The lowest BCUT2D eigenvalue weighted by Crippen LogP contribution is -2.34. The van der Waals surface area contributed by atoms with Crippen molar-refractivity contribution >= 4 is 11.8 Å². The number of pyridine rings is 1. The maximum Gasteiger partial charge on any atom is 0.262 e. The van der Waals surface area contributed by atoms with Crippen LogP contribution in [0.25, 0.3) is 0 Å². The SMILES string of the molecule is O=C1CC[C@H](c2ccccc2)N1C(=O)c1cccnc1. The fourth-order valence-corrected chi connectivity index (χ4v) is 2.56. The van der Waals surface area contributed by atoms with Crippen molar-refractivity contribution in [2.45, 2.75) is 18.9 Å². The molecule has 1 aliphatic rings. The Morgan fingerprint density at radius 2 is 1.95 bits per heavy atom. The molecule has 0 unspecified atom stereocenters. The van der Waals surface area contributed by atoms with E-state index in [2.05, 4.69) is 4.98 Å². The van der Waals surface area contributed by atoms with Gasteiger partial charge in [0, 0.05) is 18.8 Å². The number of aromatic nitrogens is 1. The lowest BCUT2D eigenvalue weighted by molar-refractivity contribution is -0.126. The Morgan fingerprint density at radius 3 is 2.65 bits per heavy atom. The van der Waals surface area contributed by atoms with Crippen LogP contribution >= 0.6 is 0 Å². The minimum Gasteiger partial charge on any atom is -0.274 e. The molecule has 3 rings (SSSR count). The molecule has 1 aromatic heterocycles. The summed E-state index contributed by atoms with van der Waals surface area (Å²) in [6, 6.07) is 12.9. The number of hydrogen-bond donors (Lipinski definition) is 0. The number of carbonyl (C=O) groups excluding carboxylic acids is 2. The fourth-order valence-electron chi connectivity index (χ4n) is 2.56. The van der Waals surface area contributed by atoms with Crippen LogP contribution in [-0.2, 0) is 4.79 Å². The highest BCUT2D eigenvalue weighted by molar-refractivity contribution is 6.05. The van der Waals surface area contributed by atoms with Crippen LogP contribution in [0.5, 0.6) is 0 Å². The number of imide groups is 1. The summed E-state index contributed by atoms with van der Waals surface area (Å²) >= 11 is 0. The summed E-state index contributed by atoms with van der Waals surface area (Å²) in [5.41, 5.74) is 1.44. The average Bonchev–Trinajstić information content (AvgIpc) is 2.90. The van der Waals surface area contributed by atoms with Gasteiger partial charge in [-0.05, 0) is 24.1 Å². The van der Waals surface area contributed by atoms with E-state index in [1.54, 1.807) is 18.3 Å². The summed E-state index contributed by atoms with van der Waals surface area (Å²) in [6.45, 7) is 0. The van der Waals surface area contributed by atoms with Crippen molar-refractivity contribution in [1.82, 2.24) is 9.88 Å². The van der Waals surface area contributed by atoms with E-state index in [1.807, 2.05) is 30.3 Å². The first-order valence-electron chi connectivity index (χ1n) is 6.59. The van der Waals surface area contributed by atoms with Gasteiger partial charge in [0.15, 0.2) is 0 Å². The zero-order chi connectivity index (χ0) is 13.9. The van der Waals surface area contributed by atoms with Gasteiger partial charge in [-0.15, -0.1) is 0 Å². The molecule has 2 amide bonds. The molecule has 4 nitrogen and oxygen atoms in total. The number of nitrogens with zero attached hydrogens (tertiary/aromatic N) is 2. The van der Waals surface area contributed by atoms with Crippen LogP contribution in [0.2, 0.25) is 0 Å². The Hall–Kier alpha value is -2.49. The predicted octanol–water partition coefficient (Wildman–Crippen LogP) is 2.59. The van der Waals surface area contributed by atoms with E-state index in [1.165, 1.54) is 11.1 Å². The van der Waals surface area contributed by atoms with E-state index in [0.717, 1.165) is 5.56 Å². The molecule has 1 aromatic carbocycles. The van der Waals surface area contributed by atoms with Crippen molar-refractivity contribution in [3.63, 3.8) is 0 Å².